The van der Waals surface area contributed by atoms with Gasteiger partial charge in [0.05, 0.1) is 0 Å². The van der Waals surface area contributed by atoms with E-state index in [1.54, 1.807) is 0 Å². The standard InChI is InChI=1S/C35H20N3.Pt/c1-2-10-25(11-3-1)37-32-15-6-4-13-28(32)30-20-18-26(23-35(30)37)38-33-16-7-5-12-27(33)29-19-17-24(22-34(29)38)31-14-8-9-21-36-31;/h1-10,12-21H;/q-3;. The maximum Gasteiger partial charge on any atom is 0.0409 e. The molecule has 0 spiro atoms. The maximum absolute atomic E-state index is 4.57. The first kappa shape index (κ1) is 23.6. The smallest absolute Gasteiger partial charge is 0.0409 e. The summed E-state index contributed by atoms with van der Waals surface area (Å²) in [5, 5.41) is 4.72. The molecule has 3 nitrogen and oxygen atoms in total. The van der Waals surface area contributed by atoms with Crippen LogP contribution in [0.2, 0.25) is 0 Å². The van der Waals surface area contributed by atoms with Crippen molar-refractivity contribution in [1.29, 1.82) is 0 Å². The minimum absolute atomic E-state index is 0. The van der Waals surface area contributed by atoms with Gasteiger partial charge < -0.3 is 14.1 Å². The van der Waals surface area contributed by atoms with Gasteiger partial charge in [0.2, 0.25) is 0 Å². The number of hydrogen-bond acceptors (Lipinski definition) is 1. The number of benzene rings is 5. The van der Waals surface area contributed by atoms with E-state index in [-0.39, 0.29) is 21.1 Å². The van der Waals surface area contributed by atoms with Crippen molar-refractivity contribution in [3.63, 3.8) is 0 Å². The van der Waals surface area contributed by atoms with E-state index in [1.807, 2.05) is 36.5 Å². The molecule has 3 aromatic heterocycles. The molecular formula is C35H20N3Pt-3. The fourth-order valence-electron chi connectivity index (χ4n) is 5.60. The Morgan fingerprint density at radius 1 is 0.513 bits per heavy atom. The molecule has 3 heterocycles. The molecule has 0 fully saturated rings. The molecule has 4 heteroatoms. The monoisotopic (exact) mass is 677 g/mol. The molecule has 8 rings (SSSR count). The van der Waals surface area contributed by atoms with Crippen LogP contribution < -0.4 is 0 Å². The molecule has 188 valence electrons. The third-order valence-electron chi connectivity index (χ3n) is 7.27. The van der Waals surface area contributed by atoms with Crippen molar-refractivity contribution in [3.05, 3.63) is 140 Å². The van der Waals surface area contributed by atoms with Gasteiger partial charge >= 0.3 is 0 Å². The number of pyridine rings is 1. The quantitative estimate of drug-likeness (QED) is 0.173. The van der Waals surface area contributed by atoms with Crippen molar-refractivity contribution in [1.82, 2.24) is 14.1 Å². The molecule has 0 aliphatic rings. The van der Waals surface area contributed by atoms with Gasteiger partial charge in [0, 0.05) is 38.3 Å². The summed E-state index contributed by atoms with van der Waals surface area (Å²) in [5.41, 5.74) is 8.15. The summed E-state index contributed by atoms with van der Waals surface area (Å²) in [7, 11) is 0. The van der Waals surface area contributed by atoms with E-state index in [0.717, 1.165) is 50.1 Å². The molecule has 0 bridgehead atoms. The summed E-state index contributed by atoms with van der Waals surface area (Å²) in [6.45, 7) is 0. The topological polar surface area (TPSA) is 22.8 Å². The van der Waals surface area contributed by atoms with E-state index in [0.29, 0.717) is 0 Å². The second kappa shape index (κ2) is 9.38. The summed E-state index contributed by atoms with van der Waals surface area (Å²) in [4.78, 5) is 4.57. The van der Waals surface area contributed by atoms with Gasteiger partial charge in [-0.2, -0.15) is 30.3 Å². The number of fused-ring (bicyclic) bond motifs is 6. The van der Waals surface area contributed by atoms with Crippen molar-refractivity contribution in [3.8, 4) is 22.6 Å². The summed E-state index contributed by atoms with van der Waals surface area (Å²) in [5.74, 6) is 0. The summed E-state index contributed by atoms with van der Waals surface area (Å²) >= 11 is 0. The van der Waals surface area contributed by atoms with E-state index in [2.05, 4.69) is 117 Å². The Hall–Kier alpha value is -4.46. The van der Waals surface area contributed by atoms with Crippen LogP contribution in [0, 0.1) is 18.2 Å². The molecule has 5 aromatic carbocycles. The fraction of sp³-hybridized carbons (Fsp3) is 0. The molecule has 39 heavy (non-hydrogen) atoms. The molecule has 0 aliphatic carbocycles. The van der Waals surface area contributed by atoms with Gasteiger partial charge in [0.15, 0.2) is 0 Å². The second-order valence-electron chi connectivity index (χ2n) is 9.41. The van der Waals surface area contributed by atoms with Crippen LogP contribution in [0.4, 0.5) is 0 Å². The van der Waals surface area contributed by atoms with Gasteiger partial charge in [-0.3, -0.25) is 0 Å². The molecular weight excluding hydrogens is 657 g/mol. The normalized spacial score (nSPS) is 11.4. The van der Waals surface area contributed by atoms with Crippen molar-refractivity contribution in [2.75, 3.05) is 0 Å². The zero-order chi connectivity index (χ0) is 25.1. The summed E-state index contributed by atoms with van der Waals surface area (Å²) in [6.07, 6.45) is 1.82. The summed E-state index contributed by atoms with van der Waals surface area (Å²) in [6, 6.07) is 50.7. The van der Waals surface area contributed by atoms with Gasteiger partial charge in [-0.25, -0.2) is 0 Å². The number of nitrogens with zero attached hydrogens (tertiary/aromatic N) is 3. The first-order valence-electron chi connectivity index (χ1n) is 12.7. The van der Waals surface area contributed by atoms with Gasteiger partial charge in [-0.1, -0.05) is 70.8 Å². The van der Waals surface area contributed by atoms with Crippen LogP contribution in [0.3, 0.4) is 0 Å². The van der Waals surface area contributed by atoms with Crippen LogP contribution >= 0.6 is 0 Å². The Balaban J connectivity index is 0.00000253. The van der Waals surface area contributed by atoms with E-state index >= 15 is 0 Å². The van der Waals surface area contributed by atoms with Crippen LogP contribution in [0.25, 0.3) is 66.2 Å². The van der Waals surface area contributed by atoms with Gasteiger partial charge in [-0.05, 0) is 40.2 Å². The Labute approximate surface area is 240 Å². The molecule has 0 saturated heterocycles. The van der Waals surface area contributed by atoms with Crippen LogP contribution in [0.5, 0.6) is 0 Å². The fourth-order valence-corrected chi connectivity index (χ4v) is 5.60. The average molecular weight is 678 g/mol. The SMILES string of the molecule is [Pt].[c-]1ccccc1-n1c2[c-]c(-n3c4[c-]c(-c5ccccn5)ccc4c4ccccc43)ccc2c2ccccc21. The largest absolute Gasteiger partial charge is 0.358 e. The van der Waals surface area contributed by atoms with Gasteiger partial charge in [0.1, 0.15) is 0 Å². The molecule has 0 atom stereocenters. The first-order valence-corrected chi connectivity index (χ1v) is 12.7. The van der Waals surface area contributed by atoms with Crippen LogP contribution in [-0.4, -0.2) is 14.1 Å². The van der Waals surface area contributed by atoms with Gasteiger partial charge in [0.25, 0.3) is 0 Å². The van der Waals surface area contributed by atoms with E-state index < -0.39 is 0 Å². The molecule has 0 aliphatic heterocycles. The van der Waals surface area contributed by atoms with Crippen molar-refractivity contribution in [2.24, 2.45) is 0 Å². The predicted molar refractivity (Wildman–Crippen MR) is 155 cm³/mol. The Morgan fingerprint density at radius 2 is 1.15 bits per heavy atom. The Morgan fingerprint density at radius 3 is 1.85 bits per heavy atom. The summed E-state index contributed by atoms with van der Waals surface area (Å²) < 4.78 is 4.53. The Kier molecular flexibility index (Phi) is 5.68. The van der Waals surface area contributed by atoms with E-state index in [1.165, 1.54) is 16.2 Å². The number of rotatable bonds is 3. The number of aromatic nitrogens is 3. The molecule has 0 radical (unpaired) electrons. The van der Waals surface area contributed by atoms with Crippen molar-refractivity contribution < 1.29 is 21.1 Å². The van der Waals surface area contributed by atoms with Crippen LogP contribution in [-0.2, 0) is 21.1 Å². The van der Waals surface area contributed by atoms with Crippen molar-refractivity contribution >= 4 is 43.6 Å². The minimum Gasteiger partial charge on any atom is -0.358 e. The number of para-hydroxylation sites is 3. The first-order chi connectivity index (χ1) is 18.9. The van der Waals surface area contributed by atoms with Gasteiger partial charge in [-0.15, -0.1) is 47.3 Å². The van der Waals surface area contributed by atoms with E-state index in [9.17, 15) is 0 Å². The van der Waals surface area contributed by atoms with E-state index in [4.69, 9.17) is 0 Å². The van der Waals surface area contributed by atoms with Crippen LogP contribution in [0.1, 0.15) is 0 Å². The molecule has 0 N–H and O–H groups in total. The molecule has 8 aromatic rings. The maximum atomic E-state index is 4.57. The minimum atomic E-state index is 0. The zero-order valence-corrected chi connectivity index (χ0v) is 23.0. The number of hydrogen-bond donors (Lipinski definition) is 0. The third kappa shape index (κ3) is 3.65. The van der Waals surface area contributed by atoms with Crippen molar-refractivity contribution in [2.45, 2.75) is 0 Å². The third-order valence-corrected chi connectivity index (χ3v) is 7.27. The average Bonchev–Trinajstić information content (AvgIpc) is 3.50. The Bertz CT molecular complexity index is 2120. The molecule has 0 amide bonds. The molecule has 0 saturated carbocycles. The predicted octanol–water partition coefficient (Wildman–Crippen LogP) is 8.34. The zero-order valence-electron chi connectivity index (χ0n) is 20.7. The second-order valence-corrected chi connectivity index (χ2v) is 9.41. The molecule has 0 unspecified atom stereocenters. The van der Waals surface area contributed by atoms with Crippen LogP contribution in [0.15, 0.2) is 121 Å².